The molecular weight excluding hydrogens is 304 g/mol. The predicted octanol–water partition coefficient (Wildman–Crippen LogP) is 1.58. The van der Waals surface area contributed by atoms with Crippen LogP contribution in [0.4, 0.5) is 5.82 Å². The Morgan fingerprint density at radius 1 is 1.25 bits per heavy atom. The van der Waals surface area contributed by atoms with Crippen LogP contribution < -0.4 is 4.90 Å². The Morgan fingerprint density at radius 2 is 2.00 bits per heavy atom. The van der Waals surface area contributed by atoms with Gasteiger partial charge in [-0.1, -0.05) is 13.8 Å². The maximum Gasteiger partial charge on any atom is 0.131 e. The molecule has 1 aromatic heterocycles. The van der Waals surface area contributed by atoms with Gasteiger partial charge in [0.2, 0.25) is 0 Å². The average molecular weight is 336 g/mol. The lowest BCUT2D eigenvalue weighted by molar-refractivity contribution is 0.114. The van der Waals surface area contributed by atoms with Crippen molar-refractivity contribution < 1.29 is 9.84 Å². The molecule has 136 valence electrons. The lowest BCUT2D eigenvalue weighted by Gasteiger charge is -2.34. The molecule has 0 amide bonds. The number of anilines is 1. The highest BCUT2D eigenvalue weighted by atomic mass is 16.5. The van der Waals surface area contributed by atoms with E-state index < -0.39 is 0 Å². The highest BCUT2D eigenvalue weighted by Crippen LogP contribution is 2.31. The fraction of sp³-hybridized carbons (Fsp3) is 0.833. The zero-order valence-electron chi connectivity index (χ0n) is 15.4. The molecule has 0 aliphatic carbocycles. The van der Waals surface area contributed by atoms with Crippen molar-refractivity contribution in [1.82, 2.24) is 14.7 Å². The minimum Gasteiger partial charge on any atom is -0.396 e. The summed E-state index contributed by atoms with van der Waals surface area (Å²) in [6.45, 7) is 11.2. The fourth-order valence-electron chi connectivity index (χ4n) is 4.03. The van der Waals surface area contributed by atoms with Gasteiger partial charge in [0.25, 0.3) is 0 Å². The number of nitrogens with zero attached hydrogens (tertiary/aromatic N) is 4. The summed E-state index contributed by atoms with van der Waals surface area (Å²) < 4.78 is 7.58. The monoisotopic (exact) mass is 336 g/mol. The van der Waals surface area contributed by atoms with Gasteiger partial charge in [0, 0.05) is 45.4 Å². The van der Waals surface area contributed by atoms with Gasteiger partial charge in [0.15, 0.2) is 0 Å². The van der Waals surface area contributed by atoms with Crippen LogP contribution in [0.25, 0.3) is 0 Å². The van der Waals surface area contributed by atoms with Crippen molar-refractivity contribution in [2.45, 2.75) is 39.2 Å². The molecule has 2 fully saturated rings. The molecule has 2 aliphatic heterocycles. The molecule has 1 N–H and O–H groups in total. The summed E-state index contributed by atoms with van der Waals surface area (Å²) in [5.74, 6) is 2.09. The number of piperidine rings is 1. The molecule has 0 radical (unpaired) electrons. The van der Waals surface area contributed by atoms with Crippen LogP contribution in [0.5, 0.6) is 0 Å². The van der Waals surface area contributed by atoms with E-state index in [0.29, 0.717) is 18.4 Å². The van der Waals surface area contributed by atoms with Gasteiger partial charge in [-0.3, -0.25) is 9.58 Å². The van der Waals surface area contributed by atoms with Gasteiger partial charge >= 0.3 is 0 Å². The molecule has 0 bridgehead atoms. The molecule has 0 saturated carbocycles. The summed E-state index contributed by atoms with van der Waals surface area (Å²) >= 11 is 0. The van der Waals surface area contributed by atoms with E-state index in [1.807, 2.05) is 0 Å². The summed E-state index contributed by atoms with van der Waals surface area (Å²) in [5, 5.41) is 14.4. The fourth-order valence-corrected chi connectivity index (χ4v) is 4.03. The van der Waals surface area contributed by atoms with Gasteiger partial charge in [-0.15, -0.1) is 0 Å². The van der Waals surface area contributed by atoms with Crippen LogP contribution in [-0.2, 0) is 18.3 Å². The van der Waals surface area contributed by atoms with Gasteiger partial charge in [-0.05, 0) is 31.2 Å². The molecule has 2 aliphatic rings. The summed E-state index contributed by atoms with van der Waals surface area (Å²) in [4.78, 5) is 4.92. The second-order valence-corrected chi connectivity index (χ2v) is 7.49. The molecule has 3 rings (SSSR count). The molecule has 6 heteroatoms. The van der Waals surface area contributed by atoms with Crippen molar-refractivity contribution in [3.63, 3.8) is 0 Å². The lowest BCUT2D eigenvalue weighted by Crippen LogP contribution is -2.39. The number of hydrogen-bond donors (Lipinski definition) is 1. The minimum absolute atomic E-state index is 0.302. The molecule has 1 atom stereocenters. The highest BCUT2D eigenvalue weighted by molar-refractivity contribution is 5.51. The van der Waals surface area contributed by atoms with Crippen LogP contribution in [0.1, 0.15) is 43.9 Å². The van der Waals surface area contributed by atoms with Gasteiger partial charge in [0.1, 0.15) is 5.82 Å². The van der Waals surface area contributed by atoms with Crippen LogP contribution in [0.2, 0.25) is 0 Å². The molecule has 1 aromatic rings. The Hall–Kier alpha value is -1.11. The van der Waals surface area contributed by atoms with E-state index >= 15 is 0 Å². The SMILES string of the molecule is CC(C)c1nn(C)c(N2CCOCC2)c1CN1CCCC(CO)C1. The van der Waals surface area contributed by atoms with E-state index in [1.165, 1.54) is 23.5 Å². The first kappa shape index (κ1) is 17.7. The van der Waals surface area contributed by atoms with Crippen LogP contribution in [-0.4, -0.2) is 65.8 Å². The quantitative estimate of drug-likeness (QED) is 0.885. The number of ether oxygens (including phenoxy) is 1. The van der Waals surface area contributed by atoms with Crippen molar-refractivity contribution >= 4 is 5.82 Å². The molecule has 6 nitrogen and oxygen atoms in total. The zero-order valence-corrected chi connectivity index (χ0v) is 15.4. The van der Waals surface area contributed by atoms with E-state index in [1.54, 1.807) is 0 Å². The van der Waals surface area contributed by atoms with Gasteiger partial charge in [0.05, 0.1) is 18.9 Å². The number of aryl methyl sites for hydroxylation is 1. The highest BCUT2D eigenvalue weighted by Gasteiger charge is 2.27. The van der Waals surface area contributed by atoms with E-state index in [9.17, 15) is 5.11 Å². The van der Waals surface area contributed by atoms with Gasteiger partial charge in [-0.2, -0.15) is 5.10 Å². The lowest BCUT2D eigenvalue weighted by atomic mass is 9.97. The second kappa shape index (κ2) is 7.85. The third kappa shape index (κ3) is 3.76. The summed E-state index contributed by atoms with van der Waals surface area (Å²) in [6, 6.07) is 0. The van der Waals surface area contributed by atoms with Crippen LogP contribution in [0, 0.1) is 5.92 Å². The first-order chi connectivity index (χ1) is 11.6. The third-order valence-corrected chi connectivity index (χ3v) is 5.24. The number of hydrogen-bond acceptors (Lipinski definition) is 5. The molecule has 24 heavy (non-hydrogen) atoms. The first-order valence-corrected chi connectivity index (χ1v) is 9.31. The third-order valence-electron chi connectivity index (χ3n) is 5.24. The Labute approximate surface area is 145 Å². The van der Waals surface area contributed by atoms with Gasteiger partial charge < -0.3 is 14.7 Å². The summed E-state index contributed by atoms with van der Waals surface area (Å²) in [5.41, 5.74) is 2.58. The number of aliphatic hydroxyl groups is 1. The molecule has 0 spiro atoms. The maximum atomic E-state index is 9.52. The van der Waals surface area contributed by atoms with Crippen molar-refractivity contribution in [2.24, 2.45) is 13.0 Å². The number of morpholine rings is 1. The van der Waals surface area contributed by atoms with Crippen LogP contribution in [0.3, 0.4) is 0 Å². The Kier molecular flexibility index (Phi) is 5.79. The first-order valence-electron chi connectivity index (χ1n) is 9.31. The Bertz CT molecular complexity index is 537. The van der Waals surface area contributed by atoms with E-state index in [2.05, 4.69) is 35.4 Å². The minimum atomic E-state index is 0.302. The average Bonchev–Trinajstić information content (AvgIpc) is 2.92. The molecule has 2 saturated heterocycles. The van der Waals surface area contributed by atoms with Crippen molar-refractivity contribution in [3.05, 3.63) is 11.3 Å². The molecule has 3 heterocycles. The molecule has 1 unspecified atom stereocenters. The van der Waals surface area contributed by atoms with Crippen LogP contribution in [0.15, 0.2) is 0 Å². The largest absolute Gasteiger partial charge is 0.396 e. The van der Waals surface area contributed by atoms with Gasteiger partial charge in [-0.25, -0.2) is 0 Å². The number of rotatable bonds is 5. The Morgan fingerprint density at radius 3 is 2.67 bits per heavy atom. The standard InChI is InChI=1S/C18H32N4O2/c1-14(2)17-16(12-21-6-4-5-15(11-21)13-23)18(20(3)19-17)22-7-9-24-10-8-22/h14-15,23H,4-13H2,1-3H3. The van der Waals surface area contributed by atoms with E-state index in [4.69, 9.17) is 9.84 Å². The number of aromatic nitrogens is 2. The smallest absolute Gasteiger partial charge is 0.131 e. The normalized spacial score (nSPS) is 23.2. The van der Waals surface area contributed by atoms with Crippen LogP contribution >= 0.6 is 0 Å². The van der Waals surface area contributed by atoms with E-state index in [-0.39, 0.29) is 0 Å². The zero-order chi connectivity index (χ0) is 17.1. The number of likely N-dealkylation sites (tertiary alicyclic amines) is 1. The second-order valence-electron chi connectivity index (χ2n) is 7.49. The topological polar surface area (TPSA) is 53.8 Å². The van der Waals surface area contributed by atoms with Crippen molar-refractivity contribution in [3.8, 4) is 0 Å². The van der Waals surface area contributed by atoms with Crippen molar-refractivity contribution in [2.75, 3.05) is 50.9 Å². The molecular formula is C18H32N4O2. The maximum absolute atomic E-state index is 9.52. The Balaban J connectivity index is 1.86. The van der Waals surface area contributed by atoms with E-state index in [0.717, 1.165) is 52.4 Å². The van der Waals surface area contributed by atoms with Crippen molar-refractivity contribution in [1.29, 1.82) is 0 Å². The predicted molar refractivity (Wildman–Crippen MR) is 95.4 cm³/mol. The number of aliphatic hydroxyl groups excluding tert-OH is 1. The summed E-state index contributed by atoms with van der Waals surface area (Å²) in [6.07, 6.45) is 2.32. The molecule has 0 aromatic carbocycles. The summed E-state index contributed by atoms with van der Waals surface area (Å²) in [7, 11) is 2.06.